The zero-order chi connectivity index (χ0) is 15.5. The van der Waals surface area contributed by atoms with E-state index in [2.05, 4.69) is 15.4 Å². The van der Waals surface area contributed by atoms with Crippen molar-refractivity contribution in [3.8, 4) is 5.75 Å². The van der Waals surface area contributed by atoms with Gasteiger partial charge in [-0.05, 0) is 50.9 Å². The molecule has 6 heteroatoms. The Balaban J connectivity index is 2.02. The lowest BCUT2D eigenvalue weighted by molar-refractivity contribution is -0.127. The largest absolute Gasteiger partial charge is 0.435 e. The van der Waals surface area contributed by atoms with E-state index in [1.165, 1.54) is 12.1 Å². The van der Waals surface area contributed by atoms with Crippen LogP contribution in [0.15, 0.2) is 24.3 Å². The third kappa shape index (κ3) is 3.91. The fourth-order valence-electron chi connectivity index (χ4n) is 2.49. The molecule has 1 heterocycles. The quantitative estimate of drug-likeness (QED) is 0.878. The lowest BCUT2D eigenvalue weighted by atomic mass is 9.98. The first-order valence-electron chi connectivity index (χ1n) is 7.01. The van der Waals surface area contributed by atoms with Crippen LogP contribution in [0.2, 0.25) is 0 Å². The van der Waals surface area contributed by atoms with E-state index in [1.54, 1.807) is 12.1 Å². The second kappa shape index (κ2) is 6.39. The van der Waals surface area contributed by atoms with Gasteiger partial charge in [0.1, 0.15) is 5.75 Å². The summed E-state index contributed by atoms with van der Waals surface area (Å²) < 4.78 is 28.8. The van der Waals surface area contributed by atoms with Gasteiger partial charge < -0.3 is 15.4 Å². The van der Waals surface area contributed by atoms with Crippen LogP contribution in [0.4, 0.5) is 8.78 Å². The molecule has 2 N–H and O–H groups in total. The molecule has 0 spiro atoms. The van der Waals surface area contributed by atoms with Crippen LogP contribution in [0, 0.1) is 0 Å². The first kappa shape index (κ1) is 15.7. The van der Waals surface area contributed by atoms with Gasteiger partial charge in [-0.15, -0.1) is 0 Å². The van der Waals surface area contributed by atoms with Crippen molar-refractivity contribution < 1.29 is 18.3 Å². The Bertz CT molecular complexity index is 502. The van der Waals surface area contributed by atoms with Gasteiger partial charge in [0, 0.05) is 0 Å². The summed E-state index contributed by atoms with van der Waals surface area (Å²) in [6, 6.07) is 6.10. The van der Waals surface area contributed by atoms with Crippen molar-refractivity contribution in [1.29, 1.82) is 0 Å². The standard InChI is InChI=1S/C15H20F2N2O2/c1-10(19-13(20)15(2)7-4-8-18-15)11-5-3-6-12(9-11)21-14(16)17/h3,5-6,9-10,14,18H,4,7-8H2,1-2H3,(H,19,20). The average molecular weight is 298 g/mol. The Morgan fingerprint density at radius 2 is 2.24 bits per heavy atom. The summed E-state index contributed by atoms with van der Waals surface area (Å²) in [5.74, 6) is 0.0153. The monoisotopic (exact) mass is 298 g/mol. The van der Waals surface area contributed by atoms with Crippen LogP contribution >= 0.6 is 0 Å². The van der Waals surface area contributed by atoms with Crippen LogP contribution in [0.3, 0.4) is 0 Å². The van der Waals surface area contributed by atoms with Gasteiger partial charge in [-0.2, -0.15) is 8.78 Å². The lowest BCUT2D eigenvalue weighted by Gasteiger charge is -2.26. The van der Waals surface area contributed by atoms with Gasteiger partial charge in [-0.25, -0.2) is 0 Å². The maximum absolute atomic E-state index is 12.3. The molecule has 0 aliphatic carbocycles. The van der Waals surface area contributed by atoms with Crippen molar-refractivity contribution >= 4 is 5.91 Å². The molecule has 1 aliphatic rings. The summed E-state index contributed by atoms with van der Waals surface area (Å²) in [7, 11) is 0. The van der Waals surface area contributed by atoms with Gasteiger partial charge >= 0.3 is 6.61 Å². The molecule has 0 radical (unpaired) electrons. The summed E-state index contributed by atoms with van der Waals surface area (Å²) in [4.78, 5) is 12.3. The molecule has 1 amide bonds. The summed E-state index contributed by atoms with van der Waals surface area (Å²) in [6.07, 6.45) is 1.76. The Morgan fingerprint density at radius 3 is 2.86 bits per heavy atom. The normalized spacial score (nSPS) is 23.1. The van der Waals surface area contributed by atoms with Gasteiger partial charge in [0.2, 0.25) is 5.91 Å². The van der Waals surface area contributed by atoms with Gasteiger partial charge in [0.05, 0.1) is 11.6 Å². The fraction of sp³-hybridized carbons (Fsp3) is 0.533. The SMILES string of the molecule is CC(NC(=O)C1(C)CCCN1)c1cccc(OC(F)F)c1. The number of nitrogens with one attached hydrogen (secondary N) is 2. The number of carbonyl (C=O) groups excluding carboxylic acids is 1. The molecule has 2 rings (SSSR count). The number of rotatable bonds is 5. The number of benzene rings is 1. The minimum Gasteiger partial charge on any atom is -0.435 e. The molecule has 21 heavy (non-hydrogen) atoms. The predicted molar refractivity (Wildman–Crippen MR) is 75.3 cm³/mol. The molecule has 1 fully saturated rings. The summed E-state index contributed by atoms with van der Waals surface area (Å²) in [5.41, 5.74) is 0.175. The van der Waals surface area contributed by atoms with Gasteiger partial charge in [-0.3, -0.25) is 4.79 Å². The minimum absolute atomic E-state index is 0.0762. The second-order valence-electron chi connectivity index (χ2n) is 5.51. The van der Waals surface area contributed by atoms with Gasteiger partial charge in [0.15, 0.2) is 0 Å². The van der Waals surface area contributed by atoms with E-state index >= 15 is 0 Å². The van der Waals surface area contributed by atoms with Crippen molar-refractivity contribution in [3.05, 3.63) is 29.8 Å². The van der Waals surface area contributed by atoms with Crippen molar-refractivity contribution in [3.63, 3.8) is 0 Å². The molecule has 0 saturated carbocycles. The molecular weight excluding hydrogens is 278 g/mol. The highest BCUT2D eigenvalue weighted by Gasteiger charge is 2.36. The molecule has 2 atom stereocenters. The number of carbonyl (C=O) groups is 1. The Kier molecular flexibility index (Phi) is 4.77. The van der Waals surface area contributed by atoms with Crippen molar-refractivity contribution in [2.24, 2.45) is 0 Å². The van der Waals surface area contributed by atoms with Crippen LogP contribution < -0.4 is 15.4 Å². The highest BCUT2D eigenvalue weighted by atomic mass is 19.3. The second-order valence-corrected chi connectivity index (χ2v) is 5.51. The Hall–Kier alpha value is -1.69. The molecule has 1 aromatic carbocycles. The van der Waals surface area contributed by atoms with Gasteiger partial charge in [-0.1, -0.05) is 12.1 Å². The number of alkyl halides is 2. The fourth-order valence-corrected chi connectivity index (χ4v) is 2.49. The summed E-state index contributed by atoms with van der Waals surface area (Å²) in [5, 5.41) is 6.11. The van der Waals surface area contributed by atoms with E-state index in [0.717, 1.165) is 24.9 Å². The Morgan fingerprint density at radius 1 is 1.48 bits per heavy atom. The molecule has 1 aliphatic heterocycles. The molecule has 4 nitrogen and oxygen atoms in total. The molecule has 0 aromatic heterocycles. The first-order valence-corrected chi connectivity index (χ1v) is 7.01. The van der Waals surface area contributed by atoms with E-state index in [1.807, 2.05) is 13.8 Å². The Labute approximate surface area is 122 Å². The summed E-state index contributed by atoms with van der Waals surface area (Å²) in [6.45, 7) is 1.67. The molecule has 0 bridgehead atoms. The summed E-state index contributed by atoms with van der Waals surface area (Å²) >= 11 is 0. The van der Waals surface area contributed by atoms with Crippen molar-refractivity contribution in [1.82, 2.24) is 10.6 Å². The van der Waals surface area contributed by atoms with E-state index in [-0.39, 0.29) is 17.7 Å². The number of hydrogen-bond acceptors (Lipinski definition) is 3. The van der Waals surface area contributed by atoms with Crippen LogP contribution in [0.5, 0.6) is 5.75 Å². The average Bonchev–Trinajstić information content (AvgIpc) is 2.86. The molecule has 2 unspecified atom stereocenters. The van der Waals surface area contributed by atoms with Crippen LogP contribution in [-0.4, -0.2) is 24.6 Å². The number of halogens is 2. The zero-order valence-corrected chi connectivity index (χ0v) is 12.2. The zero-order valence-electron chi connectivity index (χ0n) is 12.2. The molecule has 1 saturated heterocycles. The van der Waals surface area contributed by atoms with Crippen LogP contribution in [0.25, 0.3) is 0 Å². The minimum atomic E-state index is -2.85. The number of ether oxygens (including phenoxy) is 1. The third-order valence-corrected chi connectivity index (χ3v) is 3.80. The number of hydrogen-bond donors (Lipinski definition) is 2. The molecular formula is C15H20F2N2O2. The van der Waals surface area contributed by atoms with Gasteiger partial charge in [0.25, 0.3) is 0 Å². The molecule has 116 valence electrons. The third-order valence-electron chi connectivity index (χ3n) is 3.80. The van der Waals surface area contributed by atoms with E-state index in [0.29, 0.717) is 0 Å². The van der Waals surface area contributed by atoms with E-state index in [4.69, 9.17) is 0 Å². The van der Waals surface area contributed by atoms with E-state index < -0.39 is 12.2 Å². The van der Waals surface area contributed by atoms with Crippen molar-refractivity contribution in [2.45, 2.75) is 44.9 Å². The predicted octanol–water partition coefficient (Wildman–Crippen LogP) is 2.61. The lowest BCUT2D eigenvalue weighted by Crippen LogP contribution is -2.51. The van der Waals surface area contributed by atoms with Crippen molar-refractivity contribution in [2.75, 3.05) is 6.54 Å². The molecule has 1 aromatic rings. The maximum atomic E-state index is 12.3. The number of amides is 1. The van der Waals surface area contributed by atoms with E-state index in [9.17, 15) is 13.6 Å². The highest BCUT2D eigenvalue weighted by Crippen LogP contribution is 2.23. The highest BCUT2D eigenvalue weighted by molar-refractivity contribution is 5.86. The topological polar surface area (TPSA) is 50.4 Å². The first-order chi connectivity index (χ1) is 9.90. The van der Waals surface area contributed by atoms with Crippen LogP contribution in [0.1, 0.15) is 38.3 Å². The maximum Gasteiger partial charge on any atom is 0.387 e. The smallest absolute Gasteiger partial charge is 0.387 e. The van der Waals surface area contributed by atoms with Crippen LogP contribution in [-0.2, 0) is 4.79 Å².